The van der Waals surface area contributed by atoms with Gasteiger partial charge in [-0.1, -0.05) is 206 Å². The van der Waals surface area contributed by atoms with E-state index in [0.717, 1.165) is 28.3 Å². The number of nitrogens with zero attached hydrogens (tertiary/aromatic N) is 2. The third-order valence-corrected chi connectivity index (χ3v) is 12.0. The van der Waals surface area contributed by atoms with Gasteiger partial charge in [-0.25, -0.2) is 0 Å². The number of aromatic nitrogens is 1. The van der Waals surface area contributed by atoms with Crippen LogP contribution in [-0.4, -0.2) is 4.57 Å². The average Bonchev–Trinajstić information content (AvgIpc) is 3.69. The summed E-state index contributed by atoms with van der Waals surface area (Å²) in [5, 5.41) is 2.43. The zero-order valence-electron chi connectivity index (χ0n) is 34.1. The Morgan fingerprint density at radius 3 is 1.29 bits per heavy atom. The summed E-state index contributed by atoms with van der Waals surface area (Å²) in [5.41, 5.74) is 18.6. The van der Waals surface area contributed by atoms with Crippen LogP contribution < -0.4 is 4.90 Å². The lowest BCUT2D eigenvalue weighted by Gasteiger charge is -2.27. The number of hydrogen-bond donors (Lipinski definition) is 0. The summed E-state index contributed by atoms with van der Waals surface area (Å²) in [6.45, 7) is 0. The van der Waals surface area contributed by atoms with Gasteiger partial charge in [0.25, 0.3) is 0 Å². The largest absolute Gasteiger partial charge is 0.310 e. The Hall–Kier alpha value is -8.20. The third-order valence-electron chi connectivity index (χ3n) is 12.0. The van der Waals surface area contributed by atoms with E-state index in [2.05, 4.69) is 264 Å². The standard InChI is InChI=1S/C60H42N2/c1-5-21-43(22-6-1)49-29-13-15-31-51(49)53-39-37-47(41-57(53)45-25-9-3-10-26-45)61(46-27-11-4-12-28-46)48-38-40-56-55-34-18-20-36-59(55)62(60(56)42-48)58-35-19-17-33-54(58)52-32-16-14-30-50(52)44-23-7-2-8-24-44/h1-42H. The van der Waals surface area contributed by atoms with E-state index in [0.29, 0.717) is 0 Å². The second kappa shape index (κ2) is 16.1. The van der Waals surface area contributed by atoms with Crippen molar-refractivity contribution < 1.29 is 0 Å². The number of fused-ring (bicyclic) bond motifs is 3. The van der Waals surface area contributed by atoms with Crippen LogP contribution in [0.2, 0.25) is 0 Å². The van der Waals surface area contributed by atoms with Crippen molar-refractivity contribution in [3.8, 4) is 61.3 Å². The van der Waals surface area contributed by atoms with Crippen LogP contribution in [0.5, 0.6) is 0 Å². The van der Waals surface area contributed by atoms with Gasteiger partial charge in [0.2, 0.25) is 0 Å². The van der Waals surface area contributed by atoms with Gasteiger partial charge in [-0.3, -0.25) is 0 Å². The van der Waals surface area contributed by atoms with Crippen LogP contribution in [-0.2, 0) is 0 Å². The second-order valence-electron chi connectivity index (χ2n) is 15.7. The van der Waals surface area contributed by atoms with Gasteiger partial charge in [-0.2, -0.15) is 0 Å². The van der Waals surface area contributed by atoms with Crippen LogP contribution in [0.4, 0.5) is 17.1 Å². The fourth-order valence-corrected chi connectivity index (χ4v) is 9.22. The van der Waals surface area contributed by atoms with Gasteiger partial charge in [-0.15, -0.1) is 0 Å². The molecular formula is C60H42N2. The van der Waals surface area contributed by atoms with E-state index in [1.165, 1.54) is 71.9 Å². The molecule has 0 spiro atoms. The summed E-state index contributed by atoms with van der Waals surface area (Å²) in [6.07, 6.45) is 0. The molecule has 0 atom stereocenters. The highest BCUT2D eigenvalue weighted by Crippen LogP contribution is 2.45. The van der Waals surface area contributed by atoms with Crippen LogP contribution in [0.3, 0.4) is 0 Å². The quantitative estimate of drug-likeness (QED) is 0.141. The molecule has 0 fully saturated rings. The monoisotopic (exact) mass is 790 g/mol. The Morgan fingerprint density at radius 2 is 0.661 bits per heavy atom. The molecule has 0 bridgehead atoms. The first-order valence-electron chi connectivity index (χ1n) is 21.3. The Labute approximate surface area is 362 Å². The molecule has 0 aliphatic rings. The topological polar surface area (TPSA) is 8.17 Å². The maximum Gasteiger partial charge on any atom is 0.0562 e. The number of para-hydroxylation sites is 3. The first-order chi connectivity index (χ1) is 30.8. The summed E-state index contributed by atoms with van der Waals surface area (Å²) in [6, 6.07) is 92.1. The van der Waals surface area contributed by atoms with E-state index in [1.54, 1.807) is 0 Å². The molecular weight excluding hydrogens is 749 g/mol. The van der Waals surface area contributed by atoms with Gasteiger partial charge in [0, 0.05) is 33.4 Å². The minimum atomic E-state index is 1.08. The summed E-state index contributed by atoms with van der Waals surface area (Å²) < 4.78 is 2.47. The Bertz CT molecular complexity index is 3330. The van der Waals surface area contributed by atoms with Crippen molar-refractivity contribution in [3.63, 3.8) is 0 Å². The van der Waals surface area contributed by atoms with E-state index in [9.17, 15) is 0 Å². The number of anilines is 3. The smallest absolute Gasteiger partial charge is 0.0562 e. The molecule has 2 heteroatoms. The van der Waals surface area contributed by atoms with Crippen molar-refractivity contribution in [1.29, 1.82) is 0 Å². The minimum absolute atomic E-state index is 1.08. The molecule has 0 saturated heterocycles. The van der Waals surface area contributed by atoms with Gasteiger partial charge in [0.05, 0.1) is 16.7 Å². The lowest BCUT2D eigenvalue weighted by atomic mass is 9.89. The fraction of sp³-hybridized carbons (Fsp3) is 0. The number of benzene rings is 10. The van der Waals surface area contributed by atoms with Crippen molar-refractivity contribution >= 4 is 38.9 Å². The molecule has 2 nitrogen and oxygen atoms in total. The Kier molecular flexibility index (Phi) is 9.57. The van der Waals surface area contributed by atoms with Gasteiger partial charge in [-0.05, 0) is 98.6 Å². The molecule has 11 rings (SSSR count). The van der Waals surface area contributed by atoms with Crippen molar-refractivity contribution in [2.24, 2.45) is 0 Å². The van der Waals surface area contributed by atoms with Gasteiger partial charge >= 0.3 is 0 Å². The van der Waals surface area contributed by atoms with E-state index >= 15 is 0 Å². The van der Waals surface area contributed by atoms with E-state index in [-0.39, 0.29) is 0 Å². The second-order valence-corrected chi connectivity index (χ2v) is 15.7. The van der Waals surface area contributed by atoms with E-state index in [1.807, 2.05) is 0 Å². The van der Waals surface area contributed by atoms with Crippen molar-refractivity contribution in [1.82, 2.24) is 4.57 Å². The van der Waals surface area contributed by atoms with Crippen LogP contribution in [0.25, 0.3) is 83.1 Å². The molecule has 11 aromatic rings. The van der Waals surface area contributed by atoms with E-state index < -0.39 is 0 Å². The molecule has 292 valence electrons. The SMILES string of the molecule is c1ccc(-c2ccccc2-c2ccc(N(c3ccccc3)c3ccc4c5ccccc5n(-c5ccccc5-c5ccccc5-c5ccccc5)c4c3)cc2-c2ccccc2)cc1. The molecule has 0 radical (unpaired) electrons. The zero-order chi connectivity index (χ0) is 41.2. The molecule has 10 aromatic carbocycles. The summed E-state index contributed by atoms with van der Waals surface area (Å²) in [5.74, 6) is 0. The van der Waals surface area contributed by atoms with Crippen LogP contribution in [0, 0.1) is 0 Å². The van der Waals surface area contributed by atoms with Gasteiger partial charge in [0.15, 0.2) is 0 Å². The maximum atomic E-state index is 2.47. The third kappa shape index (κ3) is 6.65. The van der Waals surface area contributed by atoms with E-state index in [4.69, 9.17) is 0 Å². The predicted octanol–water partition coefficient (Wildman–Crippen LogP) is 16.6. The Morgan fingerprint density at radius 1 is 0.242 bits per heavy atom. The Balaban J connectivity index is 1.13. The maximum absolute atomic E-state index is 2.47. The molecule has 0 N–H and O–H groups in total. The first-order valence-corrected chi connectivity index (χ1v) is 21.3. The van der Waals surface area contributed by atoms with Gasteiger partial charge in [0.1, 0.15) is 0 Å². The van der Waals surface area contributed by atoms with Gasteiger partial charge < -0.3 is 9.47 Å². The summed E-state index contributed by atoms with van der Waals surface area (Å²) in [4.78, 5) is 2.40. The van der Waals surface area contributed by atoms with Crippen LogP contribution >= 0.6 is 0 Å². The minimum Gasteiger partial charge on any atom is -0.310 e. The lowest BCUT2D eigenvalue weighted by molar-refractivity contribution is 1.18. The molecule has 0 aliphatic heterocycles. The molecule has 1 heterocycles. The lowest BCUT2D eigenvalue weighted by Crippen LogP contribution is -2.10. The highest BCUT2D eigenvalue weighted by Gasteiger charge is 2.22. The molecule has 1 aromatic heterocycles. The predicted molar refractivity (Wildman–Crippen MR) is 263 cm³/mol. The van der Waals surface area contributed by atoms with Crippen LogP contribution in [0.15, 0.2) is 255 Å². The van der Waals surface area contributed by atoms with Crippen LogP contribution in [0.1, 0.15) is 0 Å². The molecule has 0 amide bonds. The highest BCUT2D eigenvalue weighted by atomic mass is 15.1. The van der Waals surface area contributed by atoms with Crippen molar-refractivity contribution in [3.05, 3.63) is 255 Å². The molecule has 0 saturated carbocycles. The molecule has 0 unspecified atom stereocenters. The molecule has 62 heavy (non-hydrogen) atoms. The van der Waals surface area contributed by atoms with Crippen molar-refractivity contribution in [2.45, 2.75) is 0 Å². The summed E-state index contributed by atoms with van der Waals surface area (Å²) >= 11 is 0. The zero-order valence-corrected chi connectivity index (χ0v) is 34.1. The number of rotatable bonds is 9. The number of hydrogen-bond acceptors (Lipinski definition) is 1. The summed E-state index contributed by atoms with van der Waals surface area (Å²) in [7, 11) is 0. The average molecular weight is 791 g/mol. The van der Waals surface area contributed by atoms with Crippen molar-refractivity contribution in [2.75, 3.05) is 4.90 Å². The first kappa shape index (κ1) is 36.8. The fourth-order valence-electron chi connectivity index (χ4n) is 9.22. The highest BCUT2D eigenvalue weighted by molar-refractivity contribution is 6.11. The normalized spacial score (nSPS) is 11.2. The molecule has 0 aliphatic carbocycles.